The minimum atomic E-state index is -0.832. The van der Waals surface area contributed by atoms with Gasteiger partial charge in [-0.05, 0) is 43.7 Å². The van der Waals surface area contributed by atoms with E-state index in [4.69, 9.17) is 16.3 Å². The SMILES string of the molecule is CCOC(=O)[C@@H]1[C@@H]2CC(C)C3(S2)C(C(=O)Nc2ccccc2Cl)N([C@@H](CO)CC(C)C)C(=O)[C@H]13. The Balaban J connectivity index is 1.79. The van der Waals surface area contributed by atoms with E-state index in [1.54, 1.807) is 47.9 Å². The van der Waals surface area contributed by atoms with E-state index in [0.717, 1.165) is 6.42 Å². The van der Waals surface area contributed by atoms with Crippen LogP contribution in [-0.2, 0) is 19.1 Å². The Morgan fingerprint density at radius 1 is 1.35 bits per heavy atom. The van der Waals surface area contributed by atoms with Crippen LogP contribution in [-0.4, -0.2) is 63.1 Å². The van der Waals surface area contributed by atoms with Crippen LogP contribution in [0.3, 0.4) is 0 Å². The molecule has 3 unspecified atom stereocenters. The minimum Gasteiger partial charge on any atom is -0.466 e. The molecule has 0 aromatic heterocycles. The van der Waals surface area contributed by atoms with Gasteiger partial charge >= 0.3 is 5.97 Å². The number of ether oxygens (including phenoxy) is 1. The molecule has 1 spiro atoms. The summed E-state index contributed by atoms with van der Waals surface area (Å²) in [6.07, 6.45) is 1.28. The number of nitrogens with zero attached hydrogens (tertiary/aromatic N) is 1. The van der Waals surface area contributed by atoms with Crippen LogP contribution < -0.4 is 5.32 Å². The number of benzene rings is 1. The molecule has 0 saturated carbocycles. The quantitative estimate of drug-likeness (QED) is 0.521. The number of carbonyl (C=O) groups excluding carboxylic acids is 3. The van der Waals surface area contributed by atoms with E-state index in [0.29, 0.717) is 17.1 Å². The molecule has 1 aromatic carbocycles. The molecular weight excluding hydrogens is 476 g/mol. The Morgan fingerprint density at radius 3 is 2.68 bits per heavy atom. The average Bonchev–Trinajstić information content (AvgIpc) is 3.37. The number of esters is 1. The van der Waals surface area contributed by atoms with Crippen LogP contribution in [0.15, 0.2) is 24.3 Å². The maximum absolute atomic E-state index is 14.0. The summed E-state index contributed by atoms with van der Waals surface area (Å²) in [6.45, 7) is 7.84. The van der Waals surface area contributed by atoms with Crippen molar-refractivity contribution in [1.82, 2.24) is 4.90 Å². The van der Waals surface area contributed by atoms with Crippen molar-refractivity contribution in [2.24, 2.45) is 23.7 Å². The molecule has 0 aliphatic carbocycles. The van der Waals surface area contributed by atoms with Crippen molar-refractivity contribution in [2.75, 3.05) is 18.5 Å². The van der Waals surface area contributed by atoms with E-state index >= 15 is 0 Å². The Labute approximate surface area is 209 Å². The van der Waals surface area contributed by atoms with Gasteiger partial charge < -0.3 is 20.1 Å². The van der Waals surface area contributed by atoms with Gasteiger partial charge in [-0.25, -0.2) is 0 Å². The predicted octanol–water partition coefficient (Wildman–Crippen LogP) is 3.59. The molecular formula is C25H33ClN2O5S. The molecule has 7 nitrogen and oxygen atoms in total. The minimum absolute atomic E-state index is 0.0347. The number of halogens is 1. The van der Waals surface area contributed by atoms with Crippen LogP contribution in [0.25, 0.3) is 0 Å². The van der Waals surface area contributed by atoms with Gasteiger partial charge in [-0.2, -0.15) is 0 Å². The molecule has 1 aromatic rings. The van der Waals surface area contributed by atoms with E-state index in [2.05, 4.69) is 12.2 Å². The number of hydrogen-bond donors (Lipinski definition) is 2. The summed E-state index contributed by atoms with van der Waals surface area (Å²) in [5, 5.41) is 13.6. The van der Waals surface area contributed by atoms with Crippen LogP contribution in [0.2, 0.25) is 5.02 Å². The predicted molar refractivity (Wildman–Crippen MR) is 133 cm³/mol. The molecule has 0 radical (unpaired) electrons. The van der Waals surface area contributed by atoms with Crippen molar-refractivity contribution in [1.29, 1.82) is 0 Å². The van der Waals surface area contributed by atoms with Gasteiger partial charge in [-0.3, -0.25) is 14.4 Å². The molecule has 9 heteroatoms. The van der Waals surface area contributed by atoms with Gasteiger partial charge in [-0.1, -0.05) is 44.5 Å². The number of para-hydroxylation sites is 1. The molecule has 3 aliphatic rings. The third-order valence-electron chi connectivity index (χ3n) is 7.47. The fourth-order valence-electron chi connectivity index (χ4n) is 6.24. The zero-order chi connectivity index (χ0) is 24.8. The average molecular weight is 509 g/mol. The Kier molecular flexibility index (Phi) is 7.23. The van der Waals surface area contributed by atoms with E-state index in [-0.39, 0.29) is 48.1 Å². The second-order valence-corrected chi connectivity index (χ2v) is 11.9. The smallest absolute Gasteiger partial charge is 0.310 e. The first kappa shape index (κ1) is 25.3. The topological polar surface area (TPSA) is 95.9 Å². The van der Waals surface area contributed by atoms with Gasteiger partial charge in [0, 0.05) is 5.25 Å². The highest BCUT2D eigenvalue weighted by atomic mass is 35.5. The summed E-state index contributed by atoms with van der Waals surface area (Å²) < 4.78 is 4.60. The van der Waals surface area contributed by atoms with Crippen molar-refractivity contribution in [3.8, 4) is 0 Å². The molecule has 2 bridgehead atoms. The van der Waals surface area contributed by atoms with E-state index < -0.39 is 28.7 Å². The summed E-state index contributed by atoms with van der Waals surface area (Å²) in [5.41, 5.74) is 0.470. The Morgan fingerprint density at radius 2 is 2.06 bits per heavy atom. The summed E-state index contributed by atoms with van der Waals surface area (Å²) in [5.74, 6) is -1.95. The summed E-state index contributed by atoms with van der Waals surface area (Å²) >= 11 is 7.90. The second kappa shape index (κ2) is 9.70. The van der Waals surface area contributed by atoms with Crippen molar-refractivity contribution >= 4 is 46.8 Å². The van der Waals surface area contributed by atoms with Crippen LogP contribution >= 0.6 is 23.4 Å². The van der Waals surface area contributed by atoms with Gasteiger partial charge in [0.25, 0.3) is 0 Å². The number of likely N-dealkylation sites (tertiary alicyclic amines) is 1. The number of fused-ring (bicyclic) bond motifs is 1. The molecule has 2 N–H and O–H groups in total. The number of aliphatic hydroxyl groups is 1. The van der Waals surface area contributed by atoms with E-state index in [1.165, 1.54) is 0 Å². The molecule has 3 fully saturated rings. The first-order chi connectivity index (χ1) is 16.2. The van der Waals surface area contributed by atoms with Crippen molar-refractivity contribution in [3.05, 3.63) is 29.3 Å². The van der Waals surface area contributed by atoms with Gasteiger partial charge in [-0.15, -0.1) is 11.8 Å². The lowest BCUT2D eigenvalue weighted by Crippen LogP contribution is -2.57. The largest absolute Gasteiger partial charge is 0.466 e. The zero-order valence-electron chi connectivity index (χ0n) is 20.0. The number of rotatable bonds is 8. The van der Waals surface area contributed by atoms with E-state index in [9.17, 15) is 19.5 Å². The first-order valence-corrected chi connectivity index (χ1v) is 13.3. The van der Waals surface area contributed by atoms with Crippen LogP contribution in [0.5, 0.6) is 0 Å². The number of carbonyl (C=O) groups is 3. The van der Waals surface area contributed by atoms with Crippen LogP contribution in [0.4, 0.5) is 5.69 Å². The molecule has 4 rings (SSSR count). The lowest BCUT2D eigenvalue weighted by atomic mass is 9.66. The standard InChI is InChI=1S/C25H33ClN2O5S/c1-5-33-24(32)19-18-11-14(4)25(34-18)20(19)23(31)28(15(12-29)10-13(2)3)21(25)22(30)27-17-9-7-6-8-16(17)26/h6-9,13-15,18-21,29H,5,10-12H2,1-4H3,(H,27,30)/t14?,15-,18+,19-,20+,21?,25?/m1/s1. The first-order valence-electron chi connectivity index (χ1n) is 12.0. The van der Waals surface area contributed by atoms with Gasteiger partial charge in [0.1, 0.15) is 6.04 Å². The third kappa shape index (κ3) is 3.91. The second-order valence-electron chi connectivity index (χ2n) is 9.99. The molecule has 186 valence electrons. The molecule has 3 saturated heterocycles. The van der Waals surface area contributed by atoms with Gasteiger partial charge in [0.2, 0.25) is 11.8 Å². The molecule has 3 heterocycles. The third-order valence-corrected chi connectivity index (χ3v) is 9.88. The zero-order valence-corrected chi connectivity index (χ0v) is 21.6. The number of hydrogen-bond acceptors (Lipinski definition) is 6. The Hall–Kier alpha value is -1.77. The number of nitrogens with one attached hydrogen (secondary N) is 1. The van der Waals surface area contributed by atoms with Crippen molar-refractivity contribution in [3.63, 3.8) is 0 Å². The highest BCUT2D eigenvalue weighted by Gasteiger charge is 2.76. The normalized spacial score (nSPS) is 32.7. The summed E-state index contributed by atoms with van der Waals surface area (Å²) in [6, 6.07) is 5.62. The Bertz CT molecular complexity index is 974. The van der Waals surface area contributed by atoms with Crippen LogP contribution in [0.1, 0.15) is 40.5 Å². The number of amides is 2. The summed E-state index contributed by atoms with van der Waals surface area (Å²) in [4.78, 5) is 42.5. The van der Waals surface area contributed by atoms with Crippen molar-refractivity contribution < 1.29 is 24.2 Å². The van der Waals surface area contributed by atoms with Gasteiger partial charge in [0.15, 0.2) is 0 Å². The van der Waals surface area contributed by atoms with Crippen molar-refractivity contribution in [2.45, 2.75) is 62.6 Å². The fraction of sp³-hybridized carbons (Fsp3) is 0.640. The highest BCUT2D eigenvalue weighted by Crippen LogP contribution is 2.69. The van der Waals surface area contributed by atoms with Crippen LogP contribution in [0, 0.1) is 23.7 Å². The monoisotopic (exact) mass is 508 g/mol. The molecule has 2 amide bonds. The number of aliphatic hydroxyl groups excluding tert-OH is 1. The lowest BCUT2D eigenvalue weighted by molar-refractivity contribution is -0.154. The summed E-state index contributed by atoms with van der Waals surface area (Å²) in [7, 11) is 0. The maximum Gasteiger partial charge on any atom is 0.310 e. The van der Waals surface area contributed by atoms with Gasteiger partial charge in [0.05, 0.1) is 46.5 Å². The molecule has 7 atom stereocenters. The molecule has 3 aliphatic heterocycles. The molecule has 34 heavy (non-hydrogen) atoms. The maximum atomic E-state index is 14.0. The fourth-order valence-corrected chi connectivity index (χ4v) is 8.82. The van der Waals surface area contributed by atoms with E-state index in [1.807, 2.05) is 13.8 Å². The number of anilines is 1. The lowest BCUT2D eigenvalue weighted by Gasteiger charge is -2.40. The highest BCUT2D eigenvalue weighted by molar-refractivity contribution is 8.02. The number of thioether (sulfide) groups is 1.